The molecule has 0 nitrogen and oxygen atoms in total. The molecular formula is C7H16Br2Si2. The van der Waals surface area contributed by atoms with Crippen molar-refractivity contribution in [3.63, 3.8) is 0 Å². The number of halogens is 2. The van der Waals surface area contributed by atoms with E-state index in [1.807, 2.05) is 0 Å². The third-order valence-electron chi connectivity index (χ3n) is 1.74. The molecule has 0 rings (SSSR count). The predicted molar refractivity (Wildman–Crippen MR) is 67.8 cm³/mol. The molecule has 66 valence electrons. The smallest absolute Gasteiger partial charge is 0.0551 e. The fourth-order valence-corrected chi connectivity index (χ4v) is 6.10. The summed E-state index contributed by atoms with van der Waals surface area (Å²) in [6.07, 6.45) is 2.27. The van der Waals surface area contributed by atoms with Crippen LogP contribution in [0.15, 0.2) is 11.3 Å². The Hall–Kier alpha value is 1.13. The lowest BCUT2D eigenvalue weighted by Crippen LogP contribution is -2.01. The first-order chi connectivity index (χ1) is 5.16. The second-order valence-electron chi connectivity index (χ2n) is 2.77. The highest BCUT2D eigenvalue weighted by atomic mass is 79.9. The molecule has 0 aromatic rings. The minimum Gasteiger partial charge on any atom is -0.0951 e. The van der Waals surface area contributed by atoms with Gasteiger partial charge in [0, 0.05) is 19.0 Å². The van der Waals surface area contributed by atoms with Crippen LogP contribution in [0.4, 0.5) is 0 Å². The van der Waals surface area contributed by atoms with Crippen molar-refractivity contribution in [3.05, 3.63) is 11.3 Å². The molecule has 0 amide bonds. The zero-order chi connectivity index (χ0) is 8.69. The molecule has 0 spiro atoms. The summed E-state index contributed by atoms with van der Waals surface area (Å²) < 4.78 is 0.662. The van der Waals surface area contributed by atoms with Crippen molar-refractivity contribution in [2.24, 2.45) is 0 Å². The Balaban J connectivity index is 3.15. The fraction of sp³-hybridized carbons (Fsp3) is 0.714. The molecule has 0 atom stereocenters. The molecule has 0 bridgehead atoms. The molecule has 0 saturated carbocycles. The Morgan fingerprint density at radius 2 is 2.09 bits per heavy atom. The topological polar surface area (TPSA) is 0 Å². The highest BCUT2D eigenvalue weighted by Gasteiger charge is 1.98. The van der Waals surface area contributed by atoms with Gasteiger partial charge in [0.1, 0.15) is 0 Å². The molecular weight excluding hydrogens is 300 g/mol. The number of rotatable bonds is 5. The molecule has 0 aliphatic carbocycles. The summed E-state index contributed by atoms with van der Waals surface area (Å²) in [6.45, 7) is 4.42. The average molecular weight is 316 g/mol. The van der Waals surface area contributed by atoms with Crippen molar-refractivity contribution in [3.8, 4) is 0 Å². The Labute approximate surface area is 91.1 Å². The van der Waals surface area contributed by atoms with Gasteiger partial charge in [-0.05, 0) is 13.8 Å². The monoisotopic (exact) mass is 314 g/mol. The lowest BCUT2D eigenvalue weighted by atomic mass is 10.6. The van der Waals surface area contributed by atoms with Crippen molar-refractivity contribution in [2.75, 3.05) is 0 Å². The first-order valence-electron chi connectivity index (χ1n) is 4.06. The maximum Gasteiger partial charge on any atom is 0.0551 e. The van der Waals surface area contributed by atoms with E-state index in [9.17, 15) is 0 Å². The van der Waals surface area contributed by atoms with Crippen LogP contribution in [-0.2, 0) is 0 Å². The molecule has 0 N–H and O–H groups in total. The zero-order valence-corrected chi connectivity index (χ0v) is 13.2. The lowest BCUT2D eigenvalue weighted by molar-refractivity contribution is 1.39. The molecule has 0 aliphatic rings. The van der Waals surface area contributed by atoms with Gasteiger partial charge in [-0.25, -0.2) is 0 Å². The lowest BCUT2D eigenvalue weighted by Gasteiger charge is -2.00. The quantitative estimate of drug-likeness (QED) is 0.414. The van der Waals surface area contributed by atoms with E-state index in [1.54, 1.807) is 5.20 Å². The number of hydrogen-bond donors (Lipinski definition) is 0. The van der Waals surface area contributed by atoms with Crippen molar-refractivity contribution in [1.82, 2.24) is 0 Å². The molecule has 11 heavy (non-hydrogen) atoms. The van der Waals surface area contributed by atoms with Crippen LogP contribution in [0.2, 0.25) is 12.1 Å². The van der Waals surface area contributed by atoms with Gasteiger partial charge in [0.05, 0.1) is 3.36 Å². The van der Waals surface area contributed by atoms with Gasteiger partial charge >= 0.3 is 0 Å². The minimum absolute atomic E-state index is 0.136. The van der Waals surface area contributed by atoms with E-state index in [0.29, 0.717) is 3.36 Å². The van der Waals surface area contributed by atoms with Crippen LogP contribution in [0.25, 0.3) is 0 Å². The highest BCUT2D eigenvalue weighted by Crippen LogP contribution is 2.09. The SMILES string of the molecule is CC=C(C)[SiH2]CC[SiH2]C(Br)Br. The number of allylic oxidation sites excluding steroid dienone is 2. The second kappa shape index (κ2) is 7.77. The van der Waals surface area contributed by atoms with Gasteiger partial charge in [0.15, 0.2) is 0 Å². The number of alkyl halides is 2. The Kier molecular flexibility index (Phi) is 8.57. The van der Waals surface area contributed by atoms with Gasteiger partial charge in [-0.1, -0.05) is 55.2 Å². The summed E-state index contributed by atoms with van der Waals surface area (Å²) in [5.41, 5.74) is 0. The minimum atomic E-state index is 0.136. The van der Waals surface area contributed by atoms with Crippen LogP contribution >= 0.6 is 31.9 Å². The van der Waals surface area contributed by atoms with E-state index < -0.39 is 0 Å². The molecule has 0 aliphatic heterocycles. The van der Waals surface area contributed by atoms with E-state index in [0.717, 1.165) is 0 Å². The summed E-state index contributed by atoms with van der Waals surface area (Å²) in [5.74, 6) is 0. The fourth-order valence-electron chi connectivity index (χ4n) is 0.847. The second-order valence-corrected chi connectivity index (χ2v) is 13.0. The van der Waals surface area contributed by atoms with Crippen molar-refractivity contribution < 1.29 is 0 Å². The maximum absolute atomic E-state index is 3.54. The molecule has 0 unspecified atom stereocenters. The average Bonchev–Trinajstić information content (AvgIpc) is 1.97. The summed E-state index contributed by atoms with van der Waals surface area (Å²) in [7, 11) is 0.283. The van der Waals surface area contributed by atoms with E-state index in [2.05, 4.69) is 51.8 Å². The van der Waals surface area contributed by atoms with Crippen molar-refractivity contribution >= 4 is 50.9 Å². The maximum atomic E-state index is 3.54. The number of hydrogen-bond acceptors (Lipinski definition) is 0. The van der Waals surface area contributed by atoms with E-state index >= 15 is 0 Å². The molecule has 0 fully saturated rings. The van der Waals surface area contributed by atoms with E-state index in [1.165, 1.54) is 12.1 Å². The Morgan fingerprint density at radius 1 is 1.45 bits per heavy atom. The summed E-state index contributed by atoms with van der Waals surface area (Å²) in [6, 6.07) is 3.01. The van der Waals surface area contributed by atoms with Gasteiger partial charge < -0.3 is 0 Å². The van der Waals surface area contributed by atoms with Crippen LogP contribution in [0.1, 0.15) is 13.8 Å². The van der Waals surface area contributed by atoms with Crippen LogP contribution in [0, 0.1) is 0 Å². The first kappa shape index (κ1) is 12.1. The summed E-state index contributed by atoms with van der Waals surface area (Å²) >= 11 is 7.08. The van der Waals surface area contributed by atoms with Crippen molar-refractivity contribution in [2.45, 2.75) is 29.3 Å². The zero-order valence-electron chi connectivity index (χ0n) is 7.24. The highest BCUT2D eigenvalue weighted by molar-refractivity contribution is 9.25. The van der Waals surface area contributed by atoms with Gasteiger partial charge in [-0.15, -0.1) is 0 Å². The predicted octanol–water partition coefficient (Wildman–Crippen LogP) is 2.16. The molecule has 0 radical (unpaired) electrons. The molecule has 0 saturated heterocycles. The summed E-state index contributed by atoms with van der Waals surface area (Å²) in [4.78, 5) is 0. The largest absolute Gasteiger partial charge is 0.0951 e. The normalized spacial score (nSPS) is 14.8. The molecule has 0 heterocycles. The van der Waals surface area contributed by atoms with Gasteiger partial charge in [0.2, 0.25) is 0 Å². The van der Waals surface area contributed by atoms with Crippen LogP contribution in [0.5, 0.6) is 0 Å². The van der Waals surface area contributed by atoms with Crippen LogP contribution in [0.3, 0.4) is 0 Å². The molecule has 0 aromatic carbocycles. The molecule has 0 aromatic heterocycles. The molecule has 4 heteroatoms. The third kappa shape index (κ3) is 9.04. The van der Waals surface area contributed by atoms with E-state index in [-0.39, 0.29) is 19.0 Å². The standard InChI is InChI=1S/C7H16Br2Si2/c1-3-6(2)10-4-5-11-7(8)9/h3,7H,4-5,10-11H2,1-2H3. The van der Waals surface area contributed by atoms with Crippen LogP contribution < -0.4 is 0 Å². The summed E-state index contributed by atoms with van der Waals surface area (Å²) in [5, 5.41) is 1.67. The van der Waals surface area contributed by atoms with Gasteiger partial charge in [0.25, 0.3) is 0 Å². The van der Waals surface area contributed by atoms with E-state index in [4.69, 9.17) is 0 Å². The third-order valence-corrected chi connectivity index (χ3v) is 8.88. The van der Waals surface area contributed by atoms with Crippen molar-refractivity contribution in [1.29, 1.82) is 0 Å². The van der Waals surface area contributed by atoms with Gasteiger partial charge in [-0.3, -0.25) is 0 Å². The van der Waals surface area contributed by atoms with Crippen LogP contribution in [-0.4, -0.2) is 22.4 Å². The Morgan fingerprint density at radius 3 is 2.55 bits per heavy atom. The van der Waals surface area contributed by atoms with Gasteiger partial charge in [-0.2, -0.15) is 0 Å². The Bertz CT molecular complexity index is 124. The first-order valence-corrected chi connectivity index (χ1v) is 9.42.